The van der Waals surface area contributed by atoms with E-state index >= 15 is 0 Å². The van der Waals surface area contributed by atoms with E-state index in [0.717, 1.165) is 5.92 Å². The van der Waals surface area contributed by atoms with Crippen LogP contribution in [0.2, 0.25) is 0 Å². The summed E-state index contributed by atoms with van der Waals surface area (Å²) >= 11 is 0. The molecule has 0 aromatic carbocycles. The second-order valence-electron chi connectivity index (χ2n) is 7.33. The average molecular weight is 277 g/mol. The normalized spacial score (nSPS) is 51.4. The molecular weight excluding hydrogens is 250 g/mol. The van der Waals surface area contributed by atoms with Gasteiger partial charge in [-0.3, -0.25) is 0 Å². The van der Waals surface area contributed by atoms with Crippen molar-refractivity contribution in [2.75, 3.05) is 27.2 Å². The summed E-state index contributed by atoms with van der Waals surface area (Å²) in [6.45, 7) is 2.45. The number of methoxy groups -OCH3 is 1. The van der Waals surface area contributed by atoms with Crippen LogP contribution in [0.3, 0.4) is 0 Å². The van der Waals surface area contributed by atoms with Crippen molar-refractivity contribution in [2.24, 2.45) is 17.3 Å². The lowest BCUT2D eigenvalue weighted by molar-refractivity contribution is -0.0946. The minimum Gasteiger partial charge on any atom is -0.379 e. The van der Waals surface area contributed by atoms with Crippen LogP contribution in [0.4, 0.5) is 0 Å². The topological polar surface area (TPSA) is 21.7 Å². The highest BCUT2D eigenvalue weighted by Crippen LogP contribution is 2.58. The Kier molecular flexibility index (Phi) is 3.21. The molecule has 2 heterocycles. The zero-order valence-corrected chi connectivity index (χ0v) is 12.8. The molecule has 1 spiro atoms. The summed E-state index contributed by atoms with van der Waals surface area (Å²) in [5, 5.41) is 0. The molecular formula is C17H27NO2. The molecule has 5 unspecified atom stereocenters. The average Bonchev–Trinajstić information content (AvgIpc) is 2.74. The SMILES string of the molecule is COC1CCC2CN(C)CC[C@@]34C=CCCC3OC1C24. The van der Waals surface area contributed by atoms with Crippen LogP contribution in [0.15, 0.2) is 12.2 Å². The molecule has 2 aliphatic heterocycles. The quantitative estimate of drug-likeness (QED) is 0.687. The van der Waals surface area contributed by atoms with Gasteiger partial charge in [0.15, 0.2) is 0 Å². The lowest BCUT2D eigenvalue weighted by atomic mass is 9.59. The number of hydrogen-bond acceptors (Lipinski definition) is 3. The van der Waals surface area contributed by atoms with Crippen LogP contribution in [0, 0.1) is 17.3 Å². The van der Waals surface area contributed by atoms with Crippen LogP contribution in [0.5, 0.6) is 0 Å². The Balaban J connectivity index is 1.76. The molecule has 6 atom stereocenters. The van der Waals surface area contributed by atoms with Gasteiger partial charge in [-0.25, -0.2) is 0 Å². The van der Waals surface area contributed by atoms with Gasteiger partial charge < -0.3 is 14.4 Å². The number of allylic oxidation sites excluding steroid dienone is 1. The number of nitrogens with zero attached hydrogens (tertiary/aromatic N) is 1. The molecule has 0 amide bonds. The number of hydrogen-bond donors (Lipinski definition) is 0. The Hall–Kier alpha value is -0.380. The zero-order chi connectivity index (χ0) is 13.7. The predicted octanol–water partition coefficient (Wildman–Crippen LogP) is 2.47. The van der Waals surface area contributed by atoms with Gasteiger partial charge in [0.1, 0.15) is 0 Å². The largest absolute Gasteiger partial charge is 0.379 e. The van der Waals surface area contributed by atoms with E-state index in [0.29, 0.717) is 29.6 Å². The fraction of sp³-hybridized carbons (Fsp3) is 0.882. The molecule has 4 rings (SSSR count). The third kappa shape index (κ3) is 1.76. The Morgan fingerprint density at radius 3 is 3.05 bits per heavy atom. The summed E-state index contributed by atoms with van der Waals surface area (Å²) in [5.74, 6) is 1.46. The monoisotopic (exact) mass is 277 g/mol. The lowest BCUT2D eigenvalue weighted by Crippen LogP contribution is -2.47. The van der Waals surface area contributed by atoms with Gasteiger partial charge in [-0.1, -0.05) is 12.2 Å². The highest BCUT2D eigenvalue weighted by molar-refractivity contribution is 5.20. The molecule has 2 saturated heterocycles. The summed E-state index contributed by atoms with van der Waals surface area (Å²) in [6, 6.07) is 0. The molecule has 0 N–H and O–H groups in total. The molecule has 3 fully saturated rings. The van der Waals surface area contributed by atoms with Crippen LogP contribution < -0.4 is 0 Å². The summed E-state index contributed by atoms with van der Waals surface area (Å²) in [4.78, 5) is 2.54. The molecule has 0 aromatic rings. The van der Waals surface area contributed by atoms with Gasteiger partial charge in [-0.05, 0) is 51.6 Å². The van der Waals surface area contributed by atoms with Crippen LogP contribution in [0.1, 0.15) is 32.1 Å². The maximum atomic E-state index is 6.57. The van der Waals surface area contributed by atoms with E-state index in [2.05, 4.69) is 24.1 Å². The maximum absolute atomic E-state index is 6.57. The molecule has 20 heavy (non-hydrogen) atoms. The van der Waals surface area contributed by atoms with E-state index in [-0.39, 0.29) is 0 Å². The first-order valence-electron chi connectivity index (χ1n) is 8.29. The first-order chi connectivity index (χ1) is 9.74. The summed E-state index contributed by atoms with van der Waals surface area (Å²) in [7, 11) is 4.15. The summed E-state index contributed by atoms with van der Waals surface area (Å²) < 4.78 is 12.4. The highest BCUT2D eigenvalue weighted by atomic mass is 16.5. The zero-order valence-electron chi connectivity index (χ0n) is 12.8. The van der Waals surface area contributed by atoms with Crippen LogP contribution in [-0.4, -0.2) is 50.5 Å². The Morgan fingerprint density at radius 2 is 2.20 bits per heavy atom. The van der Waals surface area contributed by atoms with Crippen molar-refractivity contribution in [3.63, 3.8) is 0 Å². The van der Waals surface area contributed by atoms with Gasteiger partial charge in [0.2, 0.25) is 0 Å². The van der Waals surface area contributed by atoms with Gasteiger partial charge in [0.05, 0.1) is 18.3 Å². The highest BCUT2D eigenvalue weighted by Gasteiger charge is 2.61. The van der Waals surface area contributed by atoms with E-state index in [1.54, 1.807) is 0 Å². The number of likely N-dealkylation sites (tertiary alicyclic amines) is 1. The molecule has 3 heteroatoms. The molecule has 1 saturated carbocycles. The molecule has 3 nitrogen and oxygen atoms in total. The standard InChI is InChI=1S/C17H27NO2/c1-18-10-9-17-8-4-3-5-14(17)20-16-13(19-2)7-6-12(11-18)15(16)17/h4,8,12-16H,3,5-7,9-11H2,1-2H3/t12?,13?,14?,15?,16?,17-/m0/s1. The molecule has 2 aliphatic carbocycles. The maximum Gasteiger partial charge on any atom is 0.0881 e. The molecule has 4 aliphatic rings. The van der Waals surface area contributed by atoms with Crippen molar-refractivity contribution in [2.45, 2.75) is 50.4 Å². The van der Waals surface area contributed by atoms with Crippen molar-refractivity contribution in [3.05, 3.63) is 12.2 Å². The van der Waals surface area contributed by atoms with E-state index < -0.39 is 0 Å². The number of rotatable bonds is 1. The van der Waals surface area contributed by atoms with Crippen LogP contribution in [-0.2, 0) is 9.47 Å². The van der Waals surface area contributed by atoms with Crippen LogP contribution >= 0.6 is 0 Å². The first kappa shape index (κ1) is 13.3. The van der Waals surface area contributed by atoms with E-state index in [1.807, 2.05) is 7.11 Å². The Labute approximate surface area is 122 Å². The smallest absolute Gasteiger partial charge is 0.0881 e. The van der Waals surface area contributed by atoms with E-state index in [9.17, 15) is 0 Å². The van der Waals surface area contributed by atoms with Crippen molar-refractivity contribution in [1.82, 2.24) is 4.90 Å². The van der Waals surface area contributed by atoms with E-state index in [4.69, 9.17) is 9.47 Å². The summed E-state index contributed by atoms with van der Waals surface area (Å²) in [5.41, 5.74) is 0.301. The van der Waals surface area contributed by atoms with Crippen molar-refractivity contribution in [1.29, 1.82) is 0 Å². The van der Waals surface area contributed by atoms with Crippen molar-refractivity contribution >= 4 is 0 Å². The van der Waals surface area contributed by atoms with Gasteiger partial charge in [-0.15, -0.1) is 0 Å². The van der Waals surface area contributed by atoms with E-state index in [1.165, 1.54) is 45.2 Å². The van der Waals surface area contributed by atoms with Gasteiger partial charge in [-0.2, -0.15) is 0 Å². The molecule has 0 radical (unpaired) electrons. The summed E-state index contributed by atoms with van der Waals surface area (Å²) in [6.07, 6.45) is 12.2. The predicted molar refractivity (Wildman–Crippen MR) is 78.6 cm³/mol. The minimum absolute atomic E-state index is 0.301. The molecule has 0 bridgehead atoms. The van der Waals surface area contributed by atoms with Gasteiger partial charge >= 0.3 is 0 Å². The Morgan fingerprint density at radius 1 is 1.30 bits per heavy atom. The molecule has 112 valence electrons. The first-order valence-corrected chi connectivity index (χ1v) is 8.29. The van der Waals surface area contributed by atoms with Crippen molar-refractivity contribution < 1.29 is 9.47 Å². The second-order valence-corrected chi connectivity index (χ2v) is 7.33. The third-order valence-electron chi connectivity index (χ3n) is 6.39. The lowest BCUT2D eigenvalue weighted by Gasteiger charge is -2.44. The Bertz CT molecular complexity index is 410. The number of ether oxygens (including phenoxy) is 2. The fourth-order valence-electron chi connectivity index (χ4n) is 5.52. The third-order valence-corrected chi connectivity index (χ3v) is 6.39. The van der Waals surface area contributed by atoms with Gasteiger partial charge in [0.25, 0.3) is 0 Å². The fourth-order valence-corrected chi connectivity index (χ4v) is 5.52. The molecule has 0 aromatic heterocycles. The second kappa shape index (κ2) is 4.82. The minimum atomic E-state index is 0.301. The van der Waals surface area contributed by atoms with Gasteiger partial charge in [0, 0.05) is 25.0 Å². The van der Waals surface area contributed by atoms with Crippen LogP contribution in [0.25, 0.3) is 0 Å². The van der Waals surface area contributed by atoms with Crippen molar-refractivity contribution in [3.8, 4) is 0 Å².